The molecule has 0 spiro atoms. The van der Waals surface area contributed by atoms with Crippen molar-refractivity contribution in [3.05, 3.63) is 181 Å². The van der Waals surface area contributed by atoms with Gasteiger partial charge in [-0.1, -0.05) is 140 Å². The Balaban J connectivity index is 1.28. The predicted octanol–water partition coefficient (Wildman–Crippen LogP) is 12.5. The number of benzene rings is 8. The minimum absolute atomic E-state index is 0.463. The second-order valence-corrected chi connectivity index (χ2v) is 12.2. The van der Waals surface area contributed by atoms with Crippen molar-refractivity contribution in [2.45, 2.75) is 0 Å². The number of nitrogens with zero attached hydrogens (tertiary/aromatic N) is 3. The molecule has 49 heavy (non-hydrogen) atoms. The normalized spacial score (nSPS) is 11.2. The number of rotatable bonds is 4. The zero-order valence-electron chi connectivity index (χ0n) is 26.4. The molecule has 0 N–H and O–H groups in total. The molecule has 0 saturated carbocycles. The van der Waals surface area contributed by atoms with E-state index in [0.29, 0.717) is 16.8 Å². The van der Waals surface area contributed by atoms with Crippen LogP contribution in [0.2, 0.25) is 0 Å². The summed E-state index contributed by atoms with van der Waals surface area (Å²) in [5, 5.41) is 17.5. The molecule has 0 saturated heterocycles. The molecule has 1 aromatic heterocycles. The third kappa shape index (κ3) is 4.35. The Kier molecular flexibility index (Phi) is 6.58. The van der Waals surface area contributed by atoms with E-state index in [0.717, 1.165) is 66.1 Å². The van der Waals surface area contributed by atoms with Crippen LogP contribution in [0, 0.1) is 17.9 Å². The Morgan fingerprint density at radius 3 is 1.47 bits per heavy atom. The van der Waals surface area contributed by atoms with Crippen LogP contribution >= 0.6 is 0 Å². The first-order valence-corrected chi connectivity index (χ1v) is 16.3. The molecule has 0 fully saturated rings. The van der Waals surface area contributed by atoms with Gasteiger partial charge in [-0.2, -0.15) is 5.26 Å². The number of fused-ring (bicyclic) bond motifs is 5. The van der Waals surface area contributed by atoms with Crippen LogP contribution in [0.3, 0.4) is 0 Å². The highest BCUT2D eigenvalue weighted by Crippen LogP contribution is 2.48. The van der Waals surface area contributed by atoms with Crippen molar-refractivity contribution >= 4 is 49.0 Å². The van der Waals surface area contributed by atoms with Gasteiger partial charge >= 0.3 is 0 Å². The summed E-state index contributed by atoms with van der Waals surface area (Å²) < 4.78 is 2.29. The molecular formula is C46H27N3. The quantitative estimate of drug-likeness (QED) is 0.142. The van der Waals surface area contributed by atoms with Gasteiger partial charge in [-0.25, -0.2) is 4.85 Å². The zero-order chi connectivity index (χ0) is 32.9. The van der Waals surface area contributed by atoms with Gasteiger partial charge in [-0.05, 0) is 73.6 Å². The van der Waals surface area contributed by atoms with E-state index >= 15 is 0 Å². The standard InChI is InChI=1S/C46H27N3/c1-48-41-28-27-33(30-23-25-32(26-24-30)49-42-21-11-9-15-34(42)35-16-10-12-22-43(35)49)40(29-47)46(41)45-38-19-7-5-17-36(38)44(31-13-3-2-4-14-31)37-18-6-8-20-39(37)45/h2-28H. The second kappa shape index (κ2) is 11.4. The number of aromatic nitrogens is 1. The van der Waals surface area contributed by atoms with Gasteiger partial charge in [0.1, 0.15) is 0 Å². The number of para-hydroxylation sites is 2. The monoisotopic (exact) mass is 621 g/mol. The van der Waals surface area contributed by atoms with Crippen LogP contribution in [0.4, 0.5) is 5.69 Å². The molecule has 0 aliphatic heterocycles. The molecule has 0 atom stereocenters. The lowest BCUT2D eigenvalue weighted by atomic mass is 9.83. The Hall–Kier alpha value is -6.94. The van der Waals surface area contributed by atoms with Gasteiger partial charge in [0.05, 0.1) is 29.2 Å². The first kappa shape index (κ1) is 28.3. The van der Waals surface area contributed by atoms with Crippen LogP contribution in [0.1, 0.15) is 5.56 Å². The van der Waals surface area contributed by atoms with Gasteiger partial charge in [0.25, 0.3) is 0 Å². The number of hydrogen-bond acceptors (Lipinski definition) is 1. The van der Waals surface area contributed by atoms with E-state index in [4.69, 9.17) is 6.57 Å². The van der Waals surface area contributed by atoms with Crippen molar-refractivity contribution in [2.24, 2.45) is 0 Å². The largest absolute Gasteiger partial charge is 0.309 e. The fourth-order valence-corrected chi connectivity index (χ4v) is 7.60. The third-order valence-electron chi connectivity index (χ3n) is 9.68. The van der Waals surface area contributed by atoms with E-state index in [9.17, 15) is 5.26 Å². The molecule has 9 aromatic rings. The van der Waals surface area contributed by atoms with Crippen LogP contribution in [0.15, 0.2) is 164 Å². The van der Waals surface area contributed by atoms with E-state index in [2.05, 4.69) is 149 Å². The average Bonchev–Trinajstić information content (AvgIpc) is 3.51. The fraction of sp³-hybridized carbons (Fsp3) is 0. The third-order valence-corrected chi connectivity index (χ3v) is 9.68. The smallest absolute Gasteiger partial charge is 0.196 e. The summed E-state index contributed by atoms with van der Waals surface area (Å²) in [5.74, 6) is 0. The van der Waals surface area contributed by atoms with Crippen molar-refractivity contribution in [2.75, 3.05) is 0 Å². The van der Waals surface area contributed by atoms with Crippen LogP contribution in [-0.2, 0) is 0 Å². The number of nitriles is 1. The Labute approximate surface area is 284 Å². The van der Waals surface area contributed by atoms with Crippen molar-refractivity contribution in [1.82, 2.24) is 4.57 Å². The highest BCUT2D eigenvalue weighted by molar-refractivity contribution is 6.23. The molecule has 8 aromatic carbocycles. The van der Waals surface area contributed by atoms with E-state index in [1.807, 2.05) is 30.3 Å². The van der Waals surface area contributed by atoms with Crippen molar-refractivity contribution in [1.29, 1.82) is 5.26 Å². The summed E-state index contributed by atoms with van der Waals surface area (Å²) in [6, 6.07) is 58.9. The molecule has 226 valence electrons. The minimum Gasteiger partial charge on any atom is -0.309 e. The first-order chi connectivity index (χ1) is 24.3. The predicted molar refractivity (Wildman–Crippen MR) is 203 cm³/mol. The summed E-state index contributed by atoms with van der Waals surface area (Å²) in [4.78, 5) is 3.99. The van der Waals surface area contributed by atoms with E-state index in [1.165, 1.54) is 10.8 Å². The lowest BCUT2D eigenvalue weighted by Gasteiger charge is -2.20. The highest BCUT2D eigenvalue weighted by Gasteiger charge is 2.23. The summed E-state index contributed by atoms with van der Waals surface area (Å²) >= 11 is 0. The van der Waals surface area contributed by atoms with Gasteiger partial charge < -0.3 is 4.57 Å². The topological polar surface area (TPSA) is 33.1 Å². The second-order valence-electron chi connectivity index (χ2n) is 12.2. The minimum atomic E-state index is 0.463. The molecule has 3 nitrogen and oxygen atoms in total. The first-order valence-electron chi connectivity index (χ1n) is 16.3. The summed E-state index contributed by atoms with van der Waals surface area (Å²) in [5.41, 5.74) is 9.90. The van der Waals surface area contributed by atoms with Gasteiger partial charge in [0.2, 0.25) is 0 Å². The maximum Gasteiger partial charge on any atom is 0.196 e. The van der Waals surface area contributed by atoms with Crippen LogP contribution in [0.5, 0.6) is 0 Å². The Morgan fingerprint density at radius 1 is 0.449 bits per heavy atom. The van der Waals surface area contributed by atoms with E-state index in [-0.39, 0.29) is 0 Å². The average molecular weight is 622 g/mol. The van der Waals surface area contributed by atoms with Crippen LogP contribution in [-0.4, -0.2) is 4.57 Å². The Morgan fingerprint density at radius 2 is 0.939 bits per heavy atom. The van der Waals surface area contributed by atoms with E-state index in [1.54, 1.807) is 0 Å². The van der Waals surface area contributed by atoms with Gasteiger partial charge in [-0.3, -0.25) is 0 Å². The van der Waals surface area contributed by atoms with Crippen molar-refractivity contribution < 1.29 is 0 Å². The molecule has 9 rings (SSSR count). The molecule has 0 bridgehead atoms. The van der Waals surface area contributed by atoms with Crippen molar-refractivity contribution in [3.8, 4) is 45.1 Å². The zero-order valence-corrected chi connectivity index (χ0v) is 26.4. The van der Waals surface area contributed by atoms with Crippen LogP contribution in [0.25, 0.3) is 87.3 Å². The van der Waals surface area contributed by atoms with Gasteiger partial charge in [0, 0.05) is 22.0 Å². The molecule has 0 aliphatic rings. The van der Waals surface area contributed by atoms with Gasteiger partial charge in [-0.15, -0.1) is 0 Å². The molecule has 0 radical (unpaired) electrons. The molecule has 0 unspecified atom stereocenters. The maximum absolute atomic E-state index is 10.9. The molecule has 0 amide bonds. The Bertz CT molecular complexity index is 2720. The summed E-state index contributed by atoms with van der Waals surface area (Å²) in [6.07, 6.45) is 0. The molecule has 1 heterocycles. The highest BCUT2D eigenvalue weighted by atomic mass is 15.0. The lowest BCUT2D eigenvalue weighted by Crippen LogP contribution is -1.96. The summed E-state index contributed by atoms with van der Waals surface area (Å²) in [6.45, 7) is 8.23. The summed E-state index contributed by atoms with van der Waals surface area (Å²) in [7, 11) is 0. The SMILES string of the molecule is [C-]#[N+]c1ccc(-c2ccc(-n3c4ccccc4c4ccccc43)cc2)c(C#N)c1-c1c2ccccc2c(-c2ccccc2)c2ccccc12. The van der Waals surface area contributed by atoms with Crippen LogP contribution < -0.4 is 0 Å². The van der Waals surface area contributed by atoms with Gasteiger partial charge in [0.15, 0.2) is 5.69 Å². The number of hydrogen-bond donors (Lipinski definition) is 0. The lowest BCUT2D eigenvalue weighted by molar-refractivity contribution is 1.18. The molecule has 0 aliphatic carbocycles. The molecule has 3 heteroatoms. The maximum atomic E-state index is 10.9. The van der Waals surface area contributed by atoms with E-state index < -0.39 is 0 Å². The van der Waals surface area contributed by atoms with Crippen molar-refractivity contribution in [3.63, 3.8) is 0 Å². The molecular weight excluding hydrogens is 595 g/mol. The fourth-order valence-electron chi connectivity index (χ4n) is 7.60.